The molecular formula is C19H26BrFN2OS. The highest BCUT2D eigenvalue weighted by molar-refractivity contribution is 9.10. The van der Waals surface area contributed by atoms with Gasteiger partial charge in [-0.05, 0) is 37.0 Å². The minimum atomic E-state index is -0.250. The average Bonchev–Trinajstić information content (AvgIpc) is 3.10. The Morgan fingerprint density at radius 3 is 2.68 bits per heavy atom. The van der Waals surface area contributed by atoms with E-state index in [1.165, 1.54) is 43.3 Å². The molecule has 1 saturated carbocycles. The number of nitrogens with zero attached hydrogens (tertiary/aromatic N) is 1. The number of halogens is 2. The molecule has 25 heavy (non-hydrogen) atoms. The molecule has 0 unspecified atom stereocenters. The van der Waals surface area contributed by atoms with E-state index in [2.05, 4.69) is 26.1 Å². The van der Waals surface area contributed by atoms with Crippen molar-refractivity contribution in [3.8, 4) is 0 Å². The number of carbonyl (C=O) groups excluding carboxylic acids is 1. The second kappa shape index (κ2) is 8.87. The second-order valence-electron chi connectivity index (χ2n) is 7.04. The van der Waals surface area contributed by atoms with Gasteiger partial charge in [0.2, 0.25) is 5.91 Å². The number of thioether (sulfide) groups is 1. The fraction of sp³-hybridized carbons (Fsp3) is 0.632. The van der Waals surface area contributed by atoms with E-state index in [1.807, 2.05) is 17.8 Å². The average molecular weight is 429 g/mol. The summed E-state index contributed by atoms with van der Waals surface area (Å²) in [6, 6.07) is 5.02. The number of carbonyl (C=O) groups is 1. The van der Waals surface area contributed by atoms with Crippen molar-refractivity contribution in [1.29, 1.82) is 0 Å². The Kier molecular flexibility index (Phi) is 6.80. The van der Waals surface area contributed by atoms with Gasteiger partial charge in [-0.2, -0.15) is 11.8 Å². The molecule has 0 aromatic heterocycles. The summed E-state index contributed by atoms with van der Waals surface area (Å²) in [5.41, 5.74) is 0.751. The van der Waals surface area contributed by atoms with Crippen LogP contribution in [0, 0.1) is 5.82 Å². The lowest BCUT2D eigenvalue weighted by atomic mass is 9.94. The van der Waals surface area contributed by atoms with Crippen LogP contribution in [0.1, 0.15) is 37.7 Å². The SMILES string of the molecule is O=C(CCc1ccc(Br)cc1F)NCC1(N2CCSCC2)CCCC1. The molecule has 0 spiro atoms. The Hall–Kier alpha value is -0.590. The molecule has 2 aliphatic rings. The maximum absolute atomic E-state index is 13.9. The van der Waals surface area contributed by atoms with E-state index in [-0.39, 0.29) is 17.3 Å². The smallest absolute Gasteiger partial charge is 0.220 e. The van der Waals surface area contributed by atoms with Gasteiger partial charge in [0.15, 0.2) is 0 Å². The van der Waals surface area contributed by atoms with Gasteiger partial charge in [0.1, 0.15) is 5.82 Å². The molecule has 1 aromatic rings. The van der Waals surface area contributed by atoms with Crippen molar-refractivity contribution in [1.82, 2.24) is 10.2 Å². The van der Waals surface area contributed by atoms with Crippen LogP contribution >= 0.6 is 27.7 Å². The van der Waals surface area contributed by atoms with Crippen molar-refractivity contribution >= 4 is 33.6 Å². The first-order valence-corrected chi connectivity index (χ1v) is 11.1. The van der Waals surface area contributed by atoms with E-state index in [4.69, 9.17) is 0 Å². The van der Waals surface area contributed by atoms with Gasteiger partial charge in [-0.15, -0.1) is 0 Å². The molecule has 0 bridgehead atoms. The zero-order chi connectivity index (χ0) is 17.7. The largest absolute Gasteiger partial charge is 0.354 e. The van der Waals surface area contributed by atoms with Crippen LogP contribution in [0.3, 0.4) is 0 Å². The van der Waals surface area contributed by atoms with Crippen molar-refractivity contribution in [3.05, 3.63) is 34.1 Å². The normalized spacial score (nSPS) is 20.6. The standard InChI is InChI=1S/C19H26BrFN2OS/c20-16-5-3-15(17(21)13-16)4-6-18(24)22-14-19(7-1-2-8-19)23-9-11-25-12-10-23/h3,5,13H,1-2,4,6-12,14H2,(H,22,24). The molecule has 3 rings (SSSR count). The Morgan fingerprint density at radius 2 is 2.00 bits per heavy atom. The Morgan fingerprint density at radius 1 is 1.28 bits per heavy atom. The van der Waals surface area contributed by atoms with Crippen molar-refractivity contribution in [3.63, 3.8) is 0 Å². The Balaban J connectivity index is 1.51. The number of benzene rings is 1. The highest BCUT2D eigenvalue weighted by Gasteiger charge is 2.40. The van der Waals surface area contributed by atoms with E-state index in [0.717, 1.165) is 24.1 Å². The maximum Gasteiger partial charge on any atom is 0.220 e. The van der Waals surface area contributed by atoms with Crippen LogP contribution in [-0.4, -0.2) is 47.5 Å². The number of hydrogen-bond donors (Lipinski definition) is 1. The molecule has 1 heterocycles. The first kappa shape index (κ1) is 19.2. The van der Waals surface area contributed by atoms with Crippen molar-refractivity contribution < 1.29 is 9.18 Å². The predicted octanol–water partition coefficient (Wildman–Crippen LogP) is 4.00. The predicted molar refractivity (Wildman–Crippen MR) is 106 cm³/mol. The second-order valence-corrected chi connectivity index (χ2v) is 9.18. The fourth-order valence-electron chi connectivity index (χ4n) is 4.00. The Bertz CT molecular complexity index is 601. The molecule has 0 radical (unpaired) electrons. The van der Waals surface area contributed by atoms with Gasteiger partial charge in [-0.1, -0.05) is 34.8 Å². The minimum absolute atomic E-state index is 0.0278. The van der Waals surface area contributed by atoms with Gasteiger partial charge < -0.3 is 5.32 Å². The summed E-state index contributed by atoms with van der Waals surface area (Å²) in [5.74, 6) is 2.16. The number of hydrogen-bond acceptors (Lipinski definition) is 3. The number of amides is 1. The van der Waals surface area contributed by atoms with Gasteiger partial charge in [0, 0.05) is 47.6 Å². The monoisotopic (exact) mass is 428 g/mol. The quantitative estimate of drug-likeness (QED) is 0.742. The summed E-state index contributed by atoms with van der Waals surface area (Å²) in [5, 5.41) is 3.14. The minimum Gasteiger partial charge on any atom is -0.354 e. The molecular weight excluding hydrogens is 403 g/mol. The zero-order valence-corrected chi connectivity index (χ0v) is 16.9. The van der Waals surface area contributed by atoms with Crippen LogP contribution in [0.2, 0.25) is 0 Å². The van der Waals surface area contributed by atoms with Crippen molar-refractivity contribution in [2.75, 3.05) is 31.1 Å². The van der Waals surface area contributed by atoms with E-state index >= 15 is 0 Å². The molecule has 1 aliphatic carbocycles. The fourth-order valence-corrected chi connectivity index (χ4v) is 5.24. The number of nitrogens with one attached hydrogen (secondary N) is 1. The molecule has 1 amide bonds. The molecule has 1 N–H and O–H groups in total. The van der Waals surface area contributed by atoms with E-state index < -0.39 is 0 Å². The molecule has 3 nitrogen and oxygen atoms in total. The van der Waals surface area contributed by atoms with Gasteiger partial charge in [-0.25, -0.2) is 4.39 Å². The Labute approximate surface area is 162 Å². The molecule has 0 atom stereocenters. The topological polar surface area (TPSA) is 32.3 Å². The first-order chi connectivity index (χ1) is 12.1. The third kappa shape index (κ3) is 4.98. The van der Waals surface area contributed by atoms with Crippen LogP contribution in [0.4, 0.5) is 4.39 Å². The highest BCUT2D eigenvalue weighted by Crippen LogP contribution is 2.36. The van der Waals surface area contributed by atoms with Gasteiger partial charge in [0.05, 0.1) is 0 Å². The molecule has 1 saturated heterocycles. The van der Waals surface area contributed by atoms with E-state index in [9.17, 15) is 9.18 Å². The van der Waals surface area contributed by atoms with Gasteiger partial charge >= 0.3 is 0 Å². The number of aryl methyl sites for hydroxylation is 1. The van der Waals surface area contributed by atoms with Crippen LogP contribution in [0.25, 0.3) is 0 Å². The lowest BCUT2D eigenvalue weighted by molar-refractivity contribution is -0.121. The number of rotatable bonds is 6. The van der Waals surface area contributed by atoms with Gasteiger partial charge in [0.25, 0.3) is 0 Å². The molecule has 6 heteroatoms. The third-order valence-electron chi connectivity index (χ3n) is 5.47. The summed E-state index contributed by atoms with van der Waals surface area (Å²) in [4.78, 5) is 14.9. The lowest BCUT2D eigenvalue weighted by Crippen LogP contribution is -2.56. The van der Waals surface area contributed by atoms with Gasteiger partial charge in [-0.3, -0.25) is 9.69 Å². The maximum atomic E-state index is 13.9. The third-order valence-corrected chi connectivity index (χ3v) is 6.90. The summed E-state index contributed by atoms with van der Waals surface area (Å²) < 4.78 is 14.6. The lowest BCUT2D eigenvalue weighted by Gasteiger charge is -2.43. The summed E-state index contributed by atoms with van der Waals surface area (Å²) in [6.45, 7) is 2.99. The van der Waals surface area contributed by atoms with E-state index in [0.29, 0.717) is 18.4 Å². The summed E-state index contributed by atoms with van der Waals surface area (Å²) >= 11 is 5.28. The van der Waals surface area contributed by atoms with Crippen LogP contribution in [-0.2, 0) is 11.2 Å². The molecule has 1 aliphatic heterocycles. The summed E-state index contributed by atoms with van der Waals surface area (Å²) in [7, 11) is 0. The van der Waals surface area contributed by atoms with Crippen LogP contribution < -0.4 is 5.32 Å². The zero-order valence-electron chi connectivity index (χ0n) is 14.5. The molecule has 1 aromatic carbocycles. The van der Waals surface area contributed by atoms with Crippen LogP contribution in [0.15, 0.2) is 22.7 Å². The highest BCUT2D eigenvalue weighted by atomic mass is 79.9. The molecule has 2 fully saturated rings. The van der Waals surface area contributed by atoms with Crippen molar-refractivity contribution in [2.24, 2.45) is 0 Å². The molecule has 138 valence electrons. The van der Waals surface area contributed by atoms with E-state index in [1.54, 1.807) is 6.07 Å². The summed E-state index contributed by atoms with van der Waals surface area (Å²) in [6.07, 6.45) is 5.65. The first-order valence-electron chi connectivity index (χ1n) is 9.12. The van der Waals surface area contributed by atoms with Crippen LogP contribution in [0.5, 0.6) is 0 Å². The van der Waals surface area contributed by atoms with Crippen molar-refractivity contribution in [2.45, 2.75) is 44.1 Å².